The second-order valence-electron chi connectivity index (χ2n) is 12.0. The predicted molar refractivity (Wildman–Crippen MR) is 175 cm³/mol. The Kier molecular flexibility index (Phi) is 8.30. The van der Waals surface area contributed by atoms with Gasteiger partial charge in [0.1, 0.15) is 41.2 Å². The van der Waals surface area contributed by atoms with Gasteiger partial charge in [-0.2, -0.15) is 5.10 Å². The molecule has 1 aliphatic carbocycles. The monoisotopic (exact) mass is 675 g/mol. The molecule has 1 aliphatic heterocycles. The summed E-state index contributed by atoms with van der Waals surface area (Å²) in [5, 5.41) is 16.9. The minimum Gasteiger partial charge on any atom is -0.490 e. The van der Waals surface area contributed by atoms with Gasteiger partial charge in [0, 0.05) is 65.1 Å². The molecule has 1 amide bonds. The number of halogens is 3. The van der Waals surface area contributed by atoms with E-state index < -0.39 is 29.6 Å². The van der Waals surface area contributed by atoms with Crippen LogP contribution in [0.25, 0.3) is 43.9 Å². The lowest BCUT2D eigenvalue weighted by Gasteiger charge is -2.36. The van der Waals surface area contributed by atoms with Gasteiger partial charge in [-0.3, -0.25) is 14.5 Å². The lowest BCUT2D eigenvalue weighted by atomic mass is 9.94. The summed E-state index contributed by atoms with van der Waals surface area (Å²) in [5.41, 5.74) is 3.34. The standard InChI is InChI=1S/C35H32F3N5O4S/c1-5-29(45)42-15-17(2)43-26(18(42)3)13-25(41-43)34-32(30-22(37)11-20(36)12-28(30)47-9-8-46-4)31-23(38)16-48-35(31)33(40-34)19-10-21-24(39-14-19)6-7-27(21)44/h5,10-14,16-18,27,44H,1,6-9,15H2,2-4H3/t17-,18+,27-/m0/s1. The Hall–Kier alpha value is -4.59. The Morgan fingerprint density at radius 1 is 1.12 bits per heavy atom. The number of hydrogen-bond acceptors (Lipinski definition) is 8. The number of thiophene rings is 1. The van der Waals surface area contributed by atoms with E-state index in [0.29, 0.717) is 52.3 Å². The number of rotatable bonds is 8. The van der Waals surface area contributed by atoms with Gasteiger partial charge in [-0.15, -0.1) is 11.3 Å². The van der Waals surface area contributed by atoms with Gasteiger partial charge in [0.2, 0.25) is 5.91 Å². The molecule has 0 saturated carbocycles. The Bertz CT molecular complexity index is 2100. The highest BCUT2D eigenvalue weighted by Crippen LogP contribution is 2.49. The number of hydrogen-bond donors (Lipinski definition) is 1. The van der Waals surface area contributed by atoms with Crippen LogP contribution in [0, 0.1) is 17.5 Å². The largest absolute Gasteiger partial charge is 0.490 e. The first-order valence-electron chi connectivity index (χ1n) is 15.5. The van der Waals surface area contributed by atoms with Crippen molar-refractivity contribution in [2.24, 2.45) is 0 Å². The Labute approximate surface area is 278 Å². The molecular weight excluding hydrogens is 643 g/mol. The van der Waals surface area contributed by atoms with E-state index in [1.807, 2.05) is 19.9 Å². The minimum absolute atomic E-state index is 0.0212. The van der Waals surface area contributed by atoms with Crippen molar-refractivity contribution in [1.82, 2.24) is 24.6 Å². The van der Waals surface area contributed by atoms with Crippen molar-refractivity contribution in [1.29, 1.82) is 0 Å². The lowest BCUT2D eigenvalue weighted by Crippen LogP contribution is -2.42. The van der Waals surface area contributed by atoms with Crippen molar-refractivity contribution in [3.63, 3.8) is 0 Å². The second kappa shape index (κ2) is 12.5. The normalized spacial score (nSPS) is 18.6. The van der Waals surface area contributed by atoms with Crippen LogP contribution in [0.15, 0.2) is 48.5 Å². The molecule has 0 radical (unpaired) electrons. The van der Waals surface area contributed by atoms with Crippen LogP contribution in [-0.2, 0) is 16.0 Å². The maximum atomic E-state index is 16.1. The average Bonchev–Trinajstić information content (AvgIpc) is 3.79. The third-order valence-corrected chi connectivity index (χ3v) is 9.97. The number of carbonyl (C=O) groups excluding carboxylic acids is 1. The van der Waals surface area contributed by atoms with E-state index in [2.05, 4.69) is 11.6 Å². The van der Waals surface area contributed by atoms with Crippen molar-refractivity contribution in [2.45, 2.75) is 44.9 Å². The lowest BCUT2D eigenvalue weighted by molar-refractivity contribution is -0.129. The summed E-state index contributed by atoms with van der Waals surface area (Å²) in [6, 6.07) is 4.70. The molecule has 3 atom stereocenters. The molecule has 1 aromatic carbocycles. The predicted octanol–water partition coefficient (Wildman–Crippen LogP) is 6.96. The van der Waals surface area contributed by atoms with Gasteiger partial charge >= 0.3 is 0 Å². The quantitative estimate of drug-likeness (QED) is 0.140. The summed E-state index contributed by atoms with van der Waals surface area (Å²) in [6.07, 6.45) is 3.39. The molecule has 1 N–H and O–H groups in total. The first-order valence-corrected chi connectivity index (χ1v) is 16.4. The zero-order valence-corrected chi connectivity index (χ0v) is 27.3. The Balaban J connectivity index is 1.53. The molecule has 0 saturated heterocycles. The van der Waals surface area contributed by atoms with E-state index in [1.165, 1.54) is 18.6 Å². The molecule has 5 heterocycles. The molecule has 248 valence electrons. The fourth-order valence-electron chi connectivity index (χ4n) is 6.68. The first-order chi connectivity index (χ1) is 23.1. The number of nitrogens with zero attached hydrogens (tertiary/aromatic N) is 5. The van der Waals surface area contributed by atoms with Crippen molar-refractivity contribution in [3.8, 4) is 39.5 Å². The fraction of sp³-hybridized carbons (Fsp3) is 0.314. The smallest absolute Gasteiger partial charge is 0.246 e. The molecular formula is C35H32F3N5O4S. The maximum Gasteiger partial charge on any atom is 0.246 e. The molecule has 0 unspecified atom stereocenters. The number of amides is 1. The molecule has 0 spiro atoms. The van der Waals surface area contributed by atoms with Crippen LogP contribution in [-0.4, -0.2) is 62.5 Å². The van der Waals surface area contributed by atoms with Gasteiger partial charge < -0.3 is 19.5 Å². The molecule has 48 heavy (non-hydrogen) atoms. The number of aromatic nitrogens is 4. The zero-order chi connectivity index (χ0) is 33.9. The summed E-state index contributed by atoms with van der Waals surface area (Å²) in [5.74, 6) is -2.86. The van der Waals surface area contributed by atoms with E-state index in [-0.39, 0.29) is 53.1 Å². The van der Waals surface area contributed by atoms with Crippen molar-refractivity contribution in [2.75, 3.05) is 26.9 Å². The molecule has 4 aromatic heterocycles. The van der Waals surface area contributed by atoms with Crippen LogP contribution >= 0.6 is 11.3 Å². The third kappa shape index (κ3) is 5.26. The van der Waals surface area contributed by atoms with Gasteiger partial charge in [-0.1, -0.05) is 6.58 Å². The molecule has 7 rings (SSSR count). The molecule has 0 bridgehead atoms. The minimum atomic E-state index is -0.971. The first kappa shape index (κ1) is 32.0. The van der Waals surface area contributed by atoms with Crippen LogP contribution in [0.1, 0.15) is 55.4 Å². The second-order valence-corrected chi connectivity index (χ2v) is 12.9. The number of fused-ring (bicyclic) bond motifs is 3. The van der Waals surface area contributed by atoms with Gasteiger partial charge in [-0.25, -0.2) is 18.2 Å². The maximum absolute atomic E-state index is 16.1. The van der Waals surface area contributed by atoms with Crippen LogP contribution < -0.4 is 4.74 Å². The van der Waals surface area contributed by atoms with E-state index in [1.54, 1.807) is 21.8 Å². The number of aliphatic hydroxyl groups is 1. The van der Waals surface area contributed by atoms with Crippen LogP contribution in [0.4, 0.5) is 13.2 Å². The van der Waals surface area contributed by atoms with Gasteiger partial charge in [0.15, 0.2) is 0 Å². The molecule has 5 aromatic rings. The third-order valence-electron chi connectivity index (χ3n) is 9.02. The average molecular weight is 676 g/mol. The molecule has 9 nitrogen and oxygen atoms in total. The van der Waals surface area contributed by atoms with Gasteiger partial charge in [0.25, 0.3) is 0 Å². The number of methoxy groups -OCH3 is 1. The summed E-state index contributed by atoms with van der Waals surface area (Å²) in [7, 11) is 1.47. The number of aliphatic hydroxyl groups excluding tert-OH is 1. The Morgan fingerprint density at radius 2 is 1.94 bits per heavy atom. The summed E-state index contributed by atoms with van der Waals surface area (Å²) in [6.45, 7) is 7.92. The van der Waals surface area contributed by atoms with Crippen LogP contribution in [0.2, 0.25) is 0 Å². The van der Waals surface area contributed by atoms with Gasteiger partial charge in [0.05, 0.1) is 46.4 Å². The number of carbonyl (C=O) groups is 1. The van der Waals surface area contributed by atoms with Crippen molar-refractivity contribution >= 4 is 27.3 Å². The van der Waals surface area contributed by atoms with E-state index in [4.69, 9.17) is 19.6 Å². The highest BCUT2D eigenvalue weighted by molar-refractivity contribution is 7.17. The molecule has 0 fully saturated rings. The Morgan fingerprint density at radius 3 is 2.71 bits per heavy atom. The van der Waals surface area contributed by atoms with Crippen molar-refractivity contribution in [3.05, 3.63) is 82.9 Å². The van der Waals surface area contributed by atoms with Gasteiger partial charge in [-0.05, 0) is 44.9 Å². The SMILES string of the molecule is C=CC(=O)N1C[C@H](C)n2nc(-c3nc(-c4cnc5c(c4)[C@@H](O)CC5)c4scc(F)c4c3-c3c(F)cc(F)cc3OCCOC)cc2[C@H]1C. The number of pyridine rings is 2. The number of ether oxygens (including phenoxy) is 2. The van der Waals surface area contributed by atoms with E-state index >= 15 is 8.78 Å². The summed E-state index contributed by atoms with van der Waals surface area (Å²) >= 11 is 1.09. The zero-order valence-electron chi connectivity index (χ0n) is 26.5. The molecule has 2 aliphatic rings. The van der Waals surface area contributed by atoms with E-state index in [9.17, 15) is 14.3 Å². The van der Waals surface area contributed by atoms with Crippen LogP contribution in [0.3, 0.4) is 0 Å². The van der Waals surface area contributed by atoms with Crippen LogP contribution in [0.5, 0.6) is 5.75 Å². The summed E-state index contributed by atoms with van der Waals surface area (Å²) in [4.78, 5) is 24.0. The highest BCUT2D eigenvalue weighted by atomic mass is 32.1. The summed E-state index contributed by atoms with van der Waals surface area (Å²) < 4.78 is 60.0. The highest BCUT2D eigenvalue weighted by Gasteiger charge is 2.35. The van der Waals surface area contributed by atoms with E-state index in [0.717, 1.165) is 29.2 Å². The van der Waals surface area contributed by atoms with Crippen molar-refractivity contribution < 1.29 is 32.5 Å². The number of benzene rings is 1. The number of aryl methyl sites for hydroxylation is 1. The topological polar surface area (TPSA) is 103 Å². The molecule has 13 heteroatoms. The fourth-order valence-corrected chi connectivity index (χ4v) is 7.61.